The summed E-state index contributed by atoms with van der Waals surface area (Å²) in [5, 5.41) is 5.73. The van der Waals surface area contributed by atoms with Crippen molar-refractivity contribution in [3.05, 3.63) is 22.8 Å². The predicted molar refractivity (Wildman–Crippen MR) is 82.9 cm³/mol. The molecule has 2 atom stereocenters. The Morgan fingerprint density at radius 1 is 1.55 bits per heavy atom. The predicted octanol–water partition coefficient (Wildman–Crippen LogP) is 0.647. The molecular weight excluding hydrogens is 282 g/mol. The zero-order valence-electron chi connectivity index (χ0n) is 12.9. The molecule has 0 saturated heterocycles. The van der Waals surface area contributed by atoms with E-state index in [1.54, 1.807) is 6.92 Å². The van der Waals surface area contributed by atoms with E-state index in [-0.39, 0.29) is 17.9 Å². The van der Waals surface area contributed by atoms with Gasteiger partial charge in [-0.1, -0.05) is 6.07 Å². The number of anilines is 1. The summed E-state index contributed by atoms with van der Waals surface area (Å²) in [5.74, 6) is 0.750. The molecule has 0 saturated carbocycles. The van der Waals surface area contributed by atoms with Crippen molar-refractivity contribution in [3.8, 4) is 5.75 Å². The Kier molecular flexibility index (Phi) is 3.78. The van der Waals surface area contributed by atoms with Gasteiger partial charge >= 0.3 is 0 Å². The normalized spacial score (nSPS) is 20.5. The lowest BCUT2D eigenvalue weighted by Gasteiger charge is -2.22. The van der Waals surface area contributed by atoms with Crippen LogP contribution < -0.4 is 21.1 Å². The molecule has 1 unspecified atom stereocenters. The minimum absolute atomic E-state index is 0.0503. The van der Waals surface area contributed by atoms with Crippen LogP contribution in [0, 0.1) is 6.92 Å². The van der Waals surface area contributed by atoms with Gasteiger partial charge in [0.25, 0.3) is 0 Å². The van der Waals surface area contributed by atoms with Gasteiger partial charge in [-0.2, -0.15) is 0 Å². The molecule has 0 bridgehead atoms. The molecule has 1 aromatic rings. The van der Waals surface area contributed by atoms with E-state index in [1.807, 2.05) is 6.92 Å². The molecule has 22 heavy (non-hydrogen) atoms. The average molecular weight is 303 g/mol. The number of nitrogens with one attached hydrogen (secondary N) is 2. The maximum Gasteiger partial charge on any atom is 0.236 e. The fourth-order valence-corrected chi connectivity index (χ4v) is 3.04. The van der Waals surface area contributed by atoms with Gasteiger partial charge in [0.1, 0.15) is 11.9 Å². The molecule has 2 aliphatic heterocycles. The number of fused-ring (bicyclic) bond motifs is 3. The molecule has 2 heterocycles. The van der Waals surface area contributed by atoms with E-state index in [2.05, 4.69) is 16.7 Å². The van der Waals surface area contributed by atoms with Gasteiger partial charge in [-0.05, 0) is 31.4 Å². The van der Waals surface area contributed by atoms with Crippen molar-refractivity contribution in [2.45, 2.75) is 45.3 Å². The lowest BCUT2D eigenvalue weighted by Crippen LogP contribution is -2.42. The van der Waals surface area contributed by atoms with Gasteiger partial charge < -0.3 is 21.1 Å². The SMILES string of the molecule is Cc1cc2c(c3c1NC(=O)CC3)OC(CNC(=O)[C@@H](C)N)C2. The van der Waals surface area contributed by atoms with Crippen LogP contribution in [0.1, 0.15) is 30.0 Å². The highest BCUT2D eigenvalue weighted by Gasteiger charge is 2.30. The summed E-state index contributed by atoms with van der Waals surface area (Å²) in [5.41, 5.74) is 9.71. The Hall–Kier alpha value is -2.08. The largest absolute Gasteiger partial charge is 0.488 e. The molecule has 4 N–H and O–H groups in total. The summed E-state index contributed by atoms with van der Waals surface area (Å²) in [6, 6.07) is 1.54. The first-order valence-electron chi connectivity index (χ1n) is 7.61. The van der Waals surface area contributed by atoms with Crippen LogP contribution in [0.15, 0.2) is 6.07 Å². The molecular formula is C16H21N3O3. The van der Waals surface area contributed by atoms with Gasteiger partial charge in [-0.3, -0.25) is 9.59 Å². The first-order chi connectivity index (χ1) is 10.5. The van der Waals surface area contributed by atoms with E-state index in [4.69, 9.17) is 10.5 Å². The molecule has 1 aromatic carbocycles. The Bertz CT molecular complexity index is 640. The van der Waals surface area contributed by atoms with Crippen molar-refractivity contribution in [1.82, 2.24) is 5.32 Å². The van der Waals surface area contributed by atoms with Crippen molar-refractivity contribution in [3.63, 3.8) is 0 Å². The van der Waals surface area contributed by atoms with Crippen LogP contribution in [0.4, 0.5) is 5.69 Å². The van der Waals surface area contributed by atoms with Crippen LogP contribution in [0.5, 0.6) is 5.75 Å². The third kappa shape index (κ3) is 2.66. The summed E-state index contributed by atoms with van der Waals surface area (Å²) in [4.78, 5) is 23.1. The molecule has 0 aliphatic carbocycles. The molecule has 0 radical (unpaired) electrons. The second-order valence-electron chi connectivity index (χ2n) is 6.06. The lowest BCUT2D eigenvalue weighted by molar-refractivity contribution is -0.122. The van der Waals surface area contributed by atoms with Crippen molar-refractivity contribution in [1.29, 1.82) is 0 Å². The maximum absolute atomic E-state index is 11.6. The van der Waals surface area contributed by atoms with Crippen molar-refractivity contribution in [2.24, 2.45) is 5.73 Å². The monoisotopic (exact) mass is 303 g/mol. The Morgan fingerprint density at radius 3 is 3.05 bits per heavy atom. The molecule has 2 amide bonds. The van der Waals surface area contributed by atoms with E-state index in [0.29, 0.717) is 19.4 Å². The molecule has 0 spiro atoms. The van der Waals surface area contributed by atoms with Crippen LogP contribution in [-0.4, -0.2) is 30.5 Å². The Balaban J connectivity index is 1.76. The highest BCUT2D eigenvalue weighted by Crippen LogP contribution is 2.41. The number of hydrogen-bond donors (Lipinski definition) is 3. The molecule has 0 fully saturated rings. The van der Waals surface area contributed by atoms with Gasteiger partial charge in [0.2, 0.25) is 11.8 Å². The molecule has 0 aromatic heterocycles. The number of carbonyl (C=O) groups excluding carboxylic acids is 2. The zero-order chi connectivity index (χ0) is 15.9. The van der Waals surface area contributed by atoms with E-state index < -0.39 is 6.04 Å². The van der Waals surface area contributed by atoms with Gasteiger partial charge in [0.15, 0.2) is 0 Å². The van der Waals surface area contributed by atoms with Gasteiger partial charge in [-0.25, -0.2) is 0 Å². The van der Waals surface area contributed by atoms with Crippen LogP contribution in [0.3, 0.4) is 0 Å². The number of benzene rings is 1. The summed E-state index contributed by atoms with van der Waals surface area (Å²) in [7, 11) is 0. The second kappa shape index (κ2) is 5.61. The van der Waals surface area contributed by atoms with Crippen LogP contribution in [0.2, 0.25) is 0 Å². The molecule has 3 rings (SSSR count). The number of ether oxygens (including phenoxy) is 1. The van der Waals surface area contributed by atoms with Crippen molar-refractivity contribution >= 4 is 17.5 Å². The first kappa shape index (κ1) is 14.8. The Morgan fingerprint density at radius 2 is 2.32 bits per heavy atom. The van der Waals surface area contributed by atoms with E-state index in [0.717, 1.165) is 34.5 Å². The smallest absolute Gasteiger partial charge is 0.236 e. The van der Waals surface area contributed by atoms with E-state index in [9.17, 15) is 9.59 Å². The topological polar surface area (TPSA) is 93.5 Å². The molecule has 6 heteroatoms. The minimum Gasteiger partial charge on any atom is -0.488 e. The highest BCUT2D eigenvalue weighted by atomic mass is 16.5. The van der Waals surface area contributed by atoms with E-state index in [1.165, 1.54) is 0 Å². The molecule has 6 nitrogen and oxygen atoms in total. The summed E-state index contributed by atoms with van der Waals surface area (Å²) >= 11 is 0. The van der Waals surface area contributed by atoms with Gasteiger partial charge in [0, 0.05) is 18.4 Å². The standard InChI is InChI=1S/C16H21N3O3/c1-8-5-10-6-11(7-18-16(21)9(2)17)22-15(10)12-3-4-13(20)19-14(8)12/h5,9,11H,3-4,6-7,17H2,1-2H3,(H,18,21)(H,19,20)/t9-,11?/m1/s1. The van der Waals surface area contributed by atoms with E-state index >= 15 is 0 Å². The second-order valence-corrected chi connectivity index (χ2v) is 6.06. The quantitative estimate of drug-likeness (QED) is 0.764. The fraction of sp³-hybridized carbons (Fsp3) is 0.500. The maximum atomic E-state index is 11.6. The average Bonchev–Trinajstić information content (AvgIpc) is 2.87. The van der Waals surface area contributed by atoms with Crippen molar-refractivity contribution < 1.29 is 14.3 Å². The van der Waals surface area contributed by atoms with Crippen molar-refractivity contribution in [2.75, 3.05) is 11.9 Å². The number of rotatable bonds is 3. The molecule has 2 aliphatic rings. The van der Waals surface area contributed by atoms with Gasteiger partial charge in [-0.15, -0.1) is 0 Å². The highest BCUT2D eigenvalue weighted by molar-refractivity contribution is 5.95. The van der Waals surface area contributed by atoms with Crippen LogP contribution >= 0.6 is 0 Å². The number of hydrogen-bond acceptors (Lipinski definition) is 4. The summed E-state index contributed by atoms with van der Waals surface area (Å²) in [6.45, 7) is 4.09. The van der Waals surface area contributed by atoms with Crippen LogP contribution in [-0.2, 0) is 22.4 Å². The third-order valence-corrected chi connectivity index (χ3v) is 4.17. The number of amides is 2. The number of nitrogens with two attached hydrogens (primary N) is 1. The lowest BCUT2D eigenvalue weighted by atomic mass is 9.94. The number of aryl methyl sites for hydroxylation is 1. The first-order valence-corrected chi connectivity index (χ1v) is 7.61. The summed E-state index contributed by atoms with van der Waals surface area (Å²) < 4.78 is 6.02. The van der Waals surface area contributed by atoms with Crippen LogP contribution in [0.25, 0.3) is 0 Å². The fourth-order valence-electron chi connectivity index (χ4n) is 3.04. The Labute approximate surface area is 129 Å². The minimum atomic E-state index is -0.519. The zero-order valence-corrected chi connectivity index (χ0v) is 12.9. The molecule has 118 valence electrons. The van der Waals surface area contributed by atoms with Gasteiger partial charge in [0.05, 0.1) is 18.3 Å². The number of carbonyl (C=O) groups is 2. The third-order valence-electron chi connectivity index (χ3n) is 4.17. The summed E-state index contributed by atoms with van der Waals surface area (Å²) in [6.07, 6.45) is 1.86.